The van der Waals surface area contributed by atoms with Gasteiger partial charge in [-0.25, -0.2) is 9.97 Å². The van der Waals surface area contributed by atoms with E-state index in [9.17, 15) is 4.79 Å². The molecule has 3 aromatic carbocycles. The molecular formula is C30H30N4O3. The predicted molar refractivity (Wildman–Crippen MR) is 143 cm³/mol. The number of nitrogens with zero attached hydrogens (tertiary/aromatic N) is 3. The molecule has 1 N–H and O–H groups in total. The average molecular weight is 495 g/mol. The average Bonchev–Trinajstić information content (AvgIpc) is 2.95. The molecule has 188 valence electrons. The number of rotatable bonds is 8. The molecule has 1 aliphatic heterocycles. The van der Waals surface area contributed by atoms with E-state index in [1.807, 2.05) is 42.5 Å². The molecule has 0 aliphatic carbocycles. The van der Waals surface area contributed by atoms with Gasteiger partial charge in [-0.2, -0.15) is 0 Å². The molecule has 37 heavy (non-hydrogen) atoms. The summed E-state index contributed by atoms with van der Waals surface area (Å²) in [4.78, 5) is 23.9. The second-order valence-electron chi connectivity index (χ2n) is 9.12. The van der Waals surface area contributed by atoms with Gasteiger partial charge in [-0.15, -0.1) is 0 Å². The molecule has 0 spiro atoms. The fraction of sp³-hybridized carbons (Fsp3) is 0.233. The van der Waals surface area contributed by atoms with Crippen molar-refractivity contribution < 1.29 is 14.3 Å². The lowest BCUT2D eigenvalue weighted by Gasteiger charge is -2.32. The first-order chi connectivity index (χ1) is 18.2. The van der Waals surface area contributed by atoms with Crippen LogP contribution >= 0.6 is 0 Å². The highest BCUT2D eigenvalue weighted by atomic mass is 16.5. The van der Waals surface area contributed by atoms with E-state index in [0.717, 1.165) is 49.4 Å². The van der Waals surface area contributed by atoms with Crippen LogP contribution in [0, 0.1) is 0 Å². The number of carbonyl (C=O) groups is 1. The first-order valence-electron chi connectivity index (χ1n) is 12.5. The van der Waals surface area contributed by atoms with Crippen LogP contribution in [0.2, 0.25) is 0 Å². The smallest absolute Gasteiger partial charge is 0.321 e. The number of benzene rings is 3. The quantitative estimate of drug-likeness (QED) is 0.356. The van der Waals surface area contributed by atoms with Crippen molar-refractivity contribution in [3.8, 4) is 28.6 Å². The lowest BCUT2D eigenvalue weighted by Crippen LogP contribution is -2.44. The largest absolute Gasteiger partial charge is 0.497 e. The van der Waals surface area contributed by atoms with Gasteiger partial charge in [-0.05, 0) is 60.4 Å². The number of nitrogens with one attached hydrogen (secondary N) is 1. The van der Waals surface area contributed by atoms with Gasteiger partial charge < -0.3 is 14.8 Å². The Balaban J connectivity index is 1.12. The van der Waals surface area contributed by atoms with Crippen LogP contribution in [0.4, 0.5) is 0 Å². The summed E-state index contributed by atoms with van der Waals surface area (Å²) in [5, 5.41) is 3.20. The lowest BCUT2D eigenvalue weighted by atomic mass is 10.0. The van der Waals surface area contributed by atoms with Crippen LogP contribution in [-0.4, -0.2) is 47.0 Å². The van der Waals surface area contributed by atoms with Crippen LogP contribution < -0.4 is 14.8 Å². The van der Waals surface area contributed by atoms with E-state index in [2.05, 4.69) is 44.5 Å². The highest BCUT2D eigenvalue weighted by Gasteiger charge is 2.21. The van der Waals surface area contributed by atoms with Crippen molar-refractivity contribution >= 4 is 5.91 Å². The molecule has 1 fully saturated rings. The van der Waals surface area contributed by atoms with Gasteiger partial charge in [0.2, 0.25) is 0 Å². The molecular weight excluding hydrogens is 464 g/mol. The first-order valence-corrected chi connectivity index (χ1v) is 12.5. The van der Waals surface area contributed by atoms with Crippen molar-refractivity contribution in [1.82, 2.24) is 20.2 Å². The van der Waals surface area contributed by atoms with Gasteiger partial charge in [-0.1, -0.05) is 42.5 Å². The molecule has 7 heteroatoms. The number of hydrogen-bond donors (Lipinski definition) is 1. The van der Waals surface area contributed by atoms with Gasteiger partial charge in [0, 0.05) is 49.2 Å². The summed E-state index contributed by atoms with van der Waals surface area (Å²) in [5.74, 6) is 1.35. The Bertz CT molecular complexity index is 1290. The van der Waals surface area contributed by atoms with E-state index < -0.39 is 0 Å². The van der Waals surface area contributed by atoms with Crippen molar-refractivity contribution in [2.75, 3.05) is 20.2 Å². The van der Waals surface area contributed by atoms with E-state index >= 15 is 0 Å². The lowest BCUT2D eigenvalue weighted by molar-refractivity contribution is 0.0909. The van der Waals surface area contributed by atoms with Crippen LogP contribution in [0.25, 0.3) is 11.1 Å². The number of carbonyl (C=O) groups excluding carboxylic acids is 1. The van der Waals surface area contributed by atoms with Crippen LogP contribution in [0.3, 0.4) is 0 Å². The SMILES string of the molecule is COc1ccc(Oc2ncc(-c3ccc(C(=O)NC4CCN(Cc5ccccc5)CC4)cc3)cn2)cc1. The summed E-state index contributed by atoms with van der Waals surface area (Å²) in [6.07, 6.45) is 5.34. The minimum Gasteiger partial charge on any atom is -0.497 e. The van der Waals surface area contributed by atoms with Crippen molar-refractivity contribution in [1.29, 1.82) is 0 Å². The maximum absolute atomic E-state index is 12.8. The second kappa shape index (κ2) is 11.7. The van der Waals surface area contributed by atoms with E-state index in [4.69, 9.17) is 9.47 Å². The Morgan fingerprint density at radius 2 is 1.51 bits per heavy atom. The third kappa shape index (κ3) is 6.51. The van der Waals surface area contributed by atoms with Crippen molar-refractivity contribution in [3.05, 3.63) is 102 Å². The maximum Gasteiger partial charge on any atom is 0.321 e. The minimum atomic E-state index is -0.0347. The number of likely N-dealkylation sites (tertiary alicyclic amines) is 1. The summed E-state index contributed by atoms with van der Waals surface area (Å²) in [7, 11) is 1.62. The van der Waals surface area contributed by atoms with Gasteiger partial charge in [0.05, 0.1) is 7.11 Å². The molecule has 2 heterocycles. The van der Waals surface area contributed by atoms with Crippen LogP contribution in [0.5, 0.6) is 17.5 Å². The van der Waals surface area contributed by atoms with Crippen molar-refractivity contribution in [3.63, 3.8) is 0 Å². The zero-order chi connectivity index (χ0) is 25.5. The molecule has 1 aliphatic rings. The Kier molecular flexibility index (Phi) is 7.72. The number of aromatic nitrogens is 2. The molecule has 4 aromatic rings. The Labute approximate surface area is 217 Å². The number of methoxy groups -OCH3 is 1. The molecule has 0 saturated carbocycles. The summed E-state index contributed by atoms with van der Waals surface area (Å²) >= 11 is 0. The van der Waals surface area contributed by atoms with Gasteiger partial charge in [0.1, 0.15) is 11.5 Å². The van der Waals surface area contributed by atoms with E-state index in [1.54, 1.807) is 31.6 Å². The molecule has 0 radical (unpaired) electrons. The Morgan fingerprint density at radius 3 is 2.16 bits per heavy atom. The molecule has 5 rings (SSSR count). The Hall–Kier alpha value is -4.23. The fourth-order valence-electron chi connectivity index (χ4n) is 4.43. The van der Waals surface area contributed by atoms with Crippen LogP contribution in [0.15, 0.2) is 91.3 Å². The summed E-state index contributed by atoms with van der Waals surface area (Å²) in [6.45, 7) is 2.93. The summed E-state index contributed by atoms with van der Waals surface area (Å²) in [5.41, 5.74) is 3.76. The summed E-state index contributed by atoms with van der Waals surface area (Å²) in [6, 6.07) is 25.7. The van der Waals surface area contributed by atoms with Crippen molar-refractivity contribution in [2.24, 2.45) is 0 Å². The molecule has 0 unspecified atom stereocenters. The number of hydrogen-bond acceptors (Lipinski definition) is 6. The monoisotopic (exact) mass is 494 g/mol. The van der Waals surface area contributed by atoms with Crippen molar-refractivity contribution in [2.45, 2.75) is 25.4 Å². The number of amides is 1. The topological polar surface area (TPSA) is 76.6 Å². The molecule has 1 aromatic heterocycles. The van der Waals surface area contributed by atoms with E-state index in [-0.39, 0.29) is 18.0 Å². The third-order valence-electron chi connectivity index (χ3n) is 6.55. The summed E-state index contributed by atoms with van der Waals surface area (Å²) < 4.78 is 10.8. The van der Waals surface area contributed by atoms with Gasteiger partial charge in [0.15, 0.2) is 0 Å². The maximum atomic E-state index is 12.8. The third-order valence-corrected chi connectivity index (χ3v) is 6.55. The Morgan fingerprint density at radius 1 is 0.865 bits per heavy atom. The van der Waals surface area contributed by atoms with Crippen LogP contribution in [-0.2, 0) is 6.54 Å². The number of ether oxygens (including phenoxy) is 2. The molecule has 1 amide bonds. The second-order valence-corrected chi connectivity index (χ2v) is 9.12. The van der Waals surface area contributed by atoms with Gasteiger partial charge >= 0.3 is 6.01 Å². The fourth-order valence-corrected chi connectivity index (χ4v) is 4.43. The molecule has 0 bridgehead atoms. The highest BCUT2D eigenvalue weighted by Crippen LogP contribution is 2.24. The van der Waals surface area contributed by atoms with E-state index in [0.29, 0.717) is 11.3 Å². The van der Waals surface area contributed by atoms with Gasteiger partial charge in [0.25, 0.3) is 5.91 Å². The van der Waals surface area contributed by atoms with E-state index in [1.165, 1.54) is 5.56 Å². The number of piperidine rings is 1. The molecule has 1 saturated heterocycles. The predicted octanol–water partition coefficient (Wildman–Crippen LogP) is 5.34. The molecule has 7 nitrogen and oxygen atoms in total. The van der Waals surface area contributed by atoms with Gasteiger partial charge in [-0.3, -0.25) is 9.69 Å². The van der Waals surface area contributed by atoms with Crippen LogP contribution in [0.1, 0.15) is 28.8 Å². The normalized spacial score (nSPS) is 14.2. The molecule has 0 atom stereocenters. The first kappa shape index (κ1) is 24.5. The standard InChI is InChI=1S/C30H30N4O3/c1-36-27-11-13-28(14-12-27)37-30-31-19-25(20-32-30)23-7-9-24(10-8-23)29(35)33-26-15-17-34(18-16-26)21-22-5-3-2-4-6-22/h2-14,19-20,26H,15-18,21H2,1H3,(H,33,35). The minimum absolute atomic E-state index is 0.0347. The highest BCUT2D eigenvalue weighted by molar-refractivity contribution is 5.94. The zero-order valence-electron chi connectivity index (χ0n) is 20.8. The zero-order valence-corrected chi connectivity index (χ0v) is 20.8.